The molecule has 0 N–H and O–H groups in total. The van der Waals surface area contributed by atoms with Gasteiger partial charge in [0.1, 0.15) is 0 Å². The fourth-order valence-electron chi connectivity index (χ4n) is 10.2. The van der Waals surface area contributed by atoms with Crippen LogP contribution in [0.3, 0.4) is 0 Å². The quantitative estimate of drug-likeness (QED) is 0.0914. The molecule has 2 aromatic heterocycles. The zero-order chi connectivity index (χ0) is 39.3. The molecule has 2 nitrogen and oxygen atoms in total. The molecule has 3 aliphatic rings. The van der Waals surface area contributed by atoms with Gasteiger partial charge in [0.2, 0.25) is 0 Å². The first-order valence-corrected chi connectivity index (χ1v) is 23.3. The largest absolute Gasteiger partial charge is 0.289 e. The fourth-order valence-corrected chi connectivity index (χ4v) is 12.1. The summed E-state index contributed by atoms with van der Waals surface area (Å²) < 4.78 is 0. The van der Waals surface area contributed by atoms with Crippen LogP contribution < -0.4 is 0 Å². The minimum atomic E-state index is -0.167. The number of hydrogen-bond acceptors (Lipinski definition) is 4. The van der Waals surface area contributed by atoms with Crippen molar-refractivity contribution in [2.45, 2.75) is 123 Å². The van der Waals surface area contributed by atoms with Crippen LogP contribution >= 0.6 is 22.7 Å². The fraction of sp³-hybridized carbons (Fsp3) is 0.358. The van der Waals surface area contributed by atoms with E-state index in [0.717, 1.165) is 68.5 Å². The Labute approximate surface area is 347 Å². The number of fused-ring (bicyclic) bond motifs is 9. The molecule has 0 saturated heterocycles. The Kier molecular flexibility index (Phi) is 10.5. The number of thiophene rings is 2. The zero-order valence-corrected chi connectivity index (χ0v) is 35.7. The second kappa shape index (κ2) is 15.8. The maximum Gasteiger partial charge on any atom is 0.194 e. The van der Waals surface area contributed by atoms with Crippen LogP contribution in [0.15, 0.2) is 84.9 Å². The Bertz CT molecular complexity index is 2510. The SMILES string of the molecule is CCCCCCCCC1(CCCCCCCC)c2cc3c(cc2-c2cc4c(cc21)-c1ccc(-c2ccc(-c5ccc(C)s5)s2)cc1C4=O)C(=O)c1cc(C)ccc1-3. The lowest BCUT2D eigenvalue weighted by Gasteiger charge is -2.33. The van der Waals surface area contributed by atoms with E-state index in [1.54, 1.807) is 11.3 Å². The molecule has 2 heterocycles. The first kappa shape index (κ1) is 38.2. The number of hydrogen-bond donors (Lipinski definition) is 0. The Hall–Kier alpha value is -4.38. The van der Waals surface area contributed by atoms with Gasteiger partial charge < -0.3 is 0 Å². The van der Waals surface area contributed by atoms with Gasteiger partial charge in [0, 0.05) is 47.2 Å². The van der Waals surface area contributed by atoms with Gasteiger partial charge in [-0.15, -0.1) is 22.7 Å². The van der Waals surface area contributed by atoms with Gasteiger partial charge in [0.25, 0.3) is 0 Å². The van der Waals surface area contributed by atoms with Crippen LogP contribution in [-0.4, -0.2) is 11.6 Å². The van der Waals surface area contributed by atoms with Crippen molar-refractivity contribution in [1.29, 1.82) is 0 Å². The smallest absolute Gasteiger partial charge is 0.194 e. The van der Waals surface area contributed by atoms with Crippen LogP contribution in [0.5, 0.6) is 0 Å². The van der Waals surface area contributed by atoms with E-state index >= 15 is 0 Å². The predicted molar refractivity (Wildman–Crippen MR) is 242 cm³/mol. The Morgan fingerprint density at radius 2 is 0.912 bits per heavy atom. The average molecular weight is 787 g/mol. The van der Waals surface area contributed by atoms with Gasteiger partial charge in [-0.2, -0.15) is 0 Å². The summed E-state index contributed by atoms with van der Waals surface area (Å²) in [6, 6.07) is 31.0. The standard InChI is InChI=1S/C53H54O2S2/c1-5-7-9-11-13-15-25-53(26-16-14-12-10-8-6-2)46-31-38-36-20-17-33(3)27-42(36)51(54)44(38)29-40(46)41-30-45-39(32-47(41)53)37-21-19-35(28-43(37)52(45)55)48-23-24-50(57-48)49-22-18-34(4)56-49/h17-24,27-32H,5-16,25-26H2,1-4H3. The van der Waals surface area contributed by atoms with Gasteiger partial charge in [0.15, 0.2) is 11.6 Å². The van der Waals surface area contributed by atoms with E-state index in [4.69, 9.17) is 0 Å². The molecular weight excluding hydrogens is 733 g/mol. The Balaban J connectivity index is 1.15. The highest BCUT2D eigenvalue weighted by Crippen LogP contribution is 2.58. The monoisotopic (exact) mass is 786 g/mol. The minimum Gasteiger partial charge on any atom is -0.289 e. The van der Waals surface area contributed by atoms with E-state index in [2.05, 4.69) is 113 Å². The van der Waals surface area contributed by atoms with Gasteiger partial charge in [-0.1, -0.05) is 121 Å². The van der Waals surface area contributed by atoms with Crippen molar-refractivity contribution < 1.29 is 9.59 Å². The molecule has 290 valence electrons. The third-order valence-electron chi connectivity index (χ3n) is 13.2. The van der Waals surface area contributed by atoms with Crippen LogP contribution in [0.2, 0.25) is 0 Å². The summed E-state index contributed by atoms with van der Waals surface area (Å²) in [7, 11) is 0. The van der Waals surface area contributed by atoms with Crippen LogP contribution in [0, 0.1) is 13.8 Å². The van der Waals surface area contributed by atoms with Crippen molar-refractivity contribution in [3.05, 3.63) is 129 Å². The Morgan fingerprint density at radius 3 is 1.49 bits per heavy atom. The maximum absolute atomic E-state index is 14.5. The van der Waals surface area contributed by atoms with Crippen molar-refractivity contribution in [3.8, 4) is 53.6 Å². The Morgan fingerprint density at radius 1 is 0.421 bits per heavy atom. The average Bonchev–Trinajstić information content (AvgIpc) is 4.04. The number of unbranched alkanes of at least 4 members (excludes halogenated alkanes) is 10. The topological polar surface area (TPSA) is 34.1 Å². The number of carbonyl (C=O) groups excluding carboxylic acids is 2. The lowest BCUT2D eigenvalue weighted by Crippen LogP contribution is -2.26. The number of benzene rings is 4. The molecule has 4 heteroatoms. The number of ketones is 2. The van der Waals surface area contributed by atoms with E-state index in [-0.39, 0.29) is 17.0 Å². The first-order chi connectivity index (χ1) is 27.8. The van der Waals surface area contributed by atoms with E-state index in [0.29, 0.717) is 0 Å². The number of aryl methyl sites for hydroxylation is 2. The van der Waals surface area contributed by atoms with Crippen LogP contribution in [-0.2, 0) is 5.41 Å². The van der Waals surface area contributed by atoms with E-state index in [1.165, 1.54) is 119 Å². The molecule has 0 bridgehead atoms. The van der Waals surface area contributed by atoms with Gasteiger partial charge in [0.05, 0.1) is 0 Å². The van der Waals surface area contributed by atoms with E-state index in [1.807, 2.05) is 11.3 Å². The highest BCUT2D eigenvalue weighted by Gasteiger charge is 2.46. The molecular formula is C53H54O2S2. The summed E-state index contributed by atoms with van der Waals surface area (Å²) in [6.45, 7) is 8.80. The zero-order valence-electron chi connectivity index (χ0n) is 34.1. The van der Waals surface area contributed by atoms with Crippen LogP contribution in [0.25, 0.3) is 53.6 Å². The van der Waals surface area contributed by atoms with Crippen molar-refractivity contribution >= 4 is 34.2 Å². The third-order valence-corrected chi connectivity index (χ3v) is 15.5. The molecule has 4 aromatic carbocycles. The molecule has 0 spiro atoms. The summed E-state index contributed by atoms with van der Waals surface area (Å²) >= 11 is 3.62. The molecule has 3 aliphatic carbocycles. The third kappa shape index (κ3) is 6.71. The molecule has 0 aliphatic heterocycles. The van der Waals surface area contributed by atoms with E-state index in [9.17, 15) is 9.59 Å². The van der Waals surface area contributed by atoms with Gasteiger partial charge in [-0.05, 0) is 137 Å². The van der Waals surface area contributed by atoms with Gasteiger partial charge in [-0.25, -0.2) is 0 Å². The van der Waals surface area contributed by atoms with Crippen molar-refractivity contribution in [1.82, 2.24) is 0 Å². The normalized spacial score (nSPS) is 14.1. The first-order valence-electron chi connectivity index (χ1n) is 21.7. The van der Waals surface area contributed by atoms with Crippen molar-refractivity contribution in [2.75, 3.05) is 0 Å². The van der Waals surface area contributed by atoms with Gasteiger partial charge >= 0.3 is 0 Å². The molecule has 0 radical (unpaired) electrons. The molecule has 6 aromatic rings. The molecule has 9 rings (SSSR count). The molecule has 0 unspecified atom stereocenters. The number of carbonyl (C=O) groups is 2. The number of rotatable bonds is 16. The van der Waals surface area contributed by atoms with Crippen LogP contribution in [0.4, 0.5) is 0 Å². The molecule has 0 fully saturated rings. The lowest BCUT2D eigenvalue weighted by atomic mass is 9.69. The molecule has 0 atom stereocenters. The summed E-state index contributed by atoms with van der Waals surface area (Å²) in [5, 5.41) is 0. The van der Waals surface area contributed by atoms with Crippen molar-refractivity contribution in [3.63, 3.8) is 0 Å². The molecule has 0 amide bonds. The van der Waals surface area contributed by atoms with Crippen LogP contribution in [0.1, 0.15) is 157 Å². The summed E-state index contributed by atoms with van der Waals surface area (Å²) in [6.07, 6.45) is 17.3. The molecule has 0 saturated carbocycles. The van der Waals surface area contributed by atoms with Gasteiger partial charge in [-0.3, -0.25) is 9.59 Å². The summed E-state index contributed by atoms with van der Waals surface area (Å²) in [4.78, 5) is 33.7. The minimum absolute atomic E-state index is 0.112. The molecule has 57 heavy (non-hydrogen) atoms. The maximum atomic E-state index is 14.5. The predicted octanol–water partition coefficient (Wildman–Crippen LogP) is 16.0. The highest BCUT2D eigenvalue weighted by molar-refractivity contribution is 7.23. The summed E-state index contributed by atoms with van der Waals surface area (Å²) in [5.74, 6) is 0.238. The second-order valence-corrected chi connectivity index (χ2v) is 19.4. The van der Waals surface area contributed by atoms with Crippen molar-refractivity contribution in [2.24, 2.45) is 0 Å². The second-order valence-electron chi connectivity index (χ2n) is 17.0. The highest BCUT2D eigenvalue weighted by atomic mass is 32.1. The van der Waals surface area contributed by atoms with E-state index < -0.39 is 0 Å². The lowest BCUT2D eigenvalue weighted by molar-refractivity contribution is 0.103. The summed E-state index contributed by atoms with van der Waals surface area (Å²) in [5.41, 5.74) is 14.7.